The van der Waals surface area contributed by atoms with Crippen LogP contribution in [-0.4, -0.2) is 17.4 Å². The maximum absolute atomic E-state index is 11.4. The van der Waals surface area contributed by atoms with Crippen molar-refractivity contribution in [2.45, 2.75) is 20.0 Å². The van der Waals surface area contributed by atoms with Gasteiger partial charge in [0.05, 0.1) is 18.8 Å². The smallest absolute Gasteiger partial charge is 0.259 e. The number of aromatic amines is 1. The van der Waals surface area contributed by atoms with Gasteiger partial charge >= 0.3 is 0 Å². The second-order valence-corrected chi connectivity index (χ2v) is 3.37. The minimum absolute atomic E-state index is 0.209. The molecule has 1 N–H and O–H groups in total. The molecule has 0 bridgehead atoms. The molecule has 0 saturated carbocycles. The van der Waals surface area contributed by atoms with Gasteiger partial charge in [0.25, 0.3) is 5.56 Å². The van der Waals surface area contributed by atoms with Crippen molar-refractivity contribution in [3.8, 4) is 0 Å². The first kappa shape index (κ1) is 9.15. The third-order valence-electron chi connectivity index (χ3n) is 2.35. The summed E-state index contributed by atoms with van der Waals surface area (Å²) < 4.78 is 5.24. The standard InChI is InChI=1S/C10H11NO3/c1-6(12)8-4-7-5-14-3-2-9(7)11-10(8)13/h4H,2-3,5H2,1H3,(H,11,13). The Balaban J connectivity index is 2.56. The van der Waals surface area contributed by atoms with E-state index >= 15 is 0 Å². The van der Waals surface area contributed by atoms with Crippen LogP contribution in [-0.2, 0) is 17.8 Å². The first-order valence-electron chi connectivity index (χ1n) is 4.52. The topological polar surface area (TPSA) is 59.2 Å². The van der Waals surface area contributed by atoms with Gasteiger partial charge < -0.3 is 9.72 Å². The molecule has 0 amide bonds. The van der Waals surface area contributed by atoms with E-state index in [0.717, 1.165) is 11.3 Å². The number of aromatic nitrogens is 1. The number of ether oxygens (including phenoxy) is 1. The van der Waals surface area contributed by atoms with Gasteiger partial charge in [-0.25, -0.2) is 0 Å². The lowest BCUT2D eigenvalue weighted by Gasteiger charge is -2.16. The number of pyridine rings is 1. The lowest BCUT2D eigenvalue weighted by molar-refractivity contribution is 0.101. The normalized spacial score (nSPS) is 14.9. The monoisotopic (exact) mass is 193 g/mol. The molecule has 1 aromatic rings. The number of fused-ring (bicyclic) bond motifs is 1. The summed E-state index contributed by atoms with van der Waals surface area (Å²) in [5.74, 6) is -0.209. The highest BCUT2D eigenvalue weighted by Gasteiger charge is 2.14. The first-order valence-corrected chi connectivity index (χ1v) is 4.52. The second-order valence-electron chi connectivity index (χ2n) is 3.37. The molecule has 0 aliphatic carbocycles. The van der Waals surface area contributed by atoms with E-state index in [1.165, 1.54) is 6.92 Å². The number of rotatable bonds is 1. The molecule has 14 heavy (non-hydrogen) atoms. The number of carbonyl (C=O) groups excluding carboxylic acids is 1. The predicted octanol–water partition coefficient (Wildman–Crippen LogP) is 0.650. The summed E-state index contributed by atoms with van der Waals surface area (Å²) in [4.78, 5) is 25.2. The van der Waals surface area contributed by atoms with Gasteiger partial charge in [0, 0.05) is 12.1 Å². The summed E-state index contributed by atoms with van der Waals surface area (Å²) in [6, 6.07) is 1.63. The molecular formula is C10H11NO3. The van der Waals surface area contributed by atoms with Crippen LogP contribution >= 0.6 is 0 Å². The molecule has 2 rings (SSSR count). The molecule has 1 aliphatic rings. The van der Waals surface area contributed by atoms with Crippen LogP contribution in [0.4, 0.5) is 0 Å². The first-order chi connectivity index (χ1) is 6.68. The Morgan fingerprint density at radius 2 is 2.36 bits per heavy atom. The molecule has 1 aromatic heterocycles. The molecule has 74 valence electrons. The largest absolute Gasteiger partial charge is 0.376 e. The number of ketones is 1. The summed E-state index contributed by atoms with van der Waals surface area (Å²) in [7, 11) is 0. The van der Waals surface area contributed by atoms with Crippen molar-refractivity contribution in [1.82, 2.24) is 4.98 Å². The molecule has 1 aliphatic heterocycles. The maximum Gasteiger partial charge on any atom is 0.259 e. The number of Topliss-reactive ketones (excluding diaryl/α,β-unsaturated/α-hetero) is 1. The lowest BCUT2D eigenvalue weighted by atomic mass is 10.1. The van der Waals surface area contributed by atoms with Gasteiger partial charge in [0.2, 0.25) is 0 Å². The van der Waals surface area contributed by atoms with Crippen LogP contribution in [0.2, 0.25) is 0 Å². The van der Waals surface area contributed by atoms with Crippen molar-refractivity contribution in [1.29, 1.82) is 0 Å². The average molecular weight is 193 g/mol. The Labute approximate surface area is 80.9 Å². The average Bonchev–Trinajstić information content (AvgIpc) is 2.16. The highest BCUT2D eigenvalue weighted by molar-refractivity contribution is 5.93. The third kappa shape index (κ3) is 1.48. The van der Waals surface area contributed by atoms with E-state index in [0.29, 0.717) is 19.6 Å². The Bertz CT molecular complexity index is 433. The zero-order chi connectivity index (χ0) is 10.1. The Hall–Kier alpha value is -1.42. The second kappa shape index (κ2) is 3.38. The summed E-state index contributed by atoms with van der Waals surface area (Å²) >= 11 is 0. The highest BCUT2D eigenvalue weighted by Crippen LogP contribution is 2.13. The summed E-state index contributed by atoms with van der Waals surface area (Å²) in [5, 5.41) is 0. The van der Waals surface area contributed by atoms with Crippen LogP contribution in [0.5, 0.6) is 0 Å². The van der Waals surface area contributed by atoms with Crippen molar-refractivity contribution >= 4 is 5.78 Å². The third-order valence-corrected chi connectivity index (χ3v) is 2.35. The van der Waals surface area contributed by atoms with Gasteiger partial charge in [0.1, 0.15) is 0 Å². The molecule has 0 unspecified atom stereocenters. The van der Waals surface area contributed by atoms with E-state index in [4.69, 9.17) is 4.74 Å². The quantitative estimate of drug-likeness (QED) is 0.666. The SMILES string of the molecule is CC(=O)c1cc2c([nH]c1=O)CCOC2. The van der Waals surface area contributed by atoms with E-state index in [2.05, 4.69) is 4.98 Å². The van der Waals surface area contributed by atoms with Crippen LogP contribution in [0.3, 0.4) is 0 Å². The van der Waals surface area contributed by atoms with Gasteiger partial charge in [0.15, 0.2) is 5.78 Å². The summed E-state index contributed by atoms with van der Waals surface area (Å²) in [6.45, 7) is 2.50. The Kier molecular flexibility index (Phi) is 2.21. The van der Waals surface area contributed by atoms with E-state index in [-0.39, 0.29) is 16.9 Å². The Morgan fingerprint density at radius 3 is 3.07 bits per heavy atom. The zero-order valence-electron chi connectivity index (χ0n) is 7.92. The fourth-order valence-corrected chi connectivity index (χ4v) is 1.58. The van der Waals surface area contributed by atoms with Crippen LogP contribution < -0.4 is 5.56 Å². The number of hydrogen-bond donors (Lipinski definition) is 1. The number of hydrogen-bond acceptors (Lipinski definition) is 3. The van der Waals surface area contributed by atoms with Crippen molar-refractivity contribution in [2.24, 2.45) is 0 Å². The zero-order valence-corrected chi connectivity index (χ0v) is 7.92. The van der Waals surface area contributed by atoms with Crippen LogP contribution in [0.25, 0.3) is 0 Å². The van der Waals surface area contributed by atoms with E-state index in [1.54, 1.807) is 6.07 Å². The maximum atomic E-state index is 11.4. The van der Waals surface area contributed by atoms with Gasteiger partial charge in [-0.3, -0.25) is 9.59 Å². The van der Waals surface area contributed by atoms with Gasteiger partial charge in [-0.2, -0.15) is 0 Å². The predicted molar refractivity (Wildman–Crippen MR) is 50.4 cm³/mol. The van der Waals surface area contributed by atoms with Crippen LogP contribution in [0.1, 0.15) is 28.5 Å². The number of nitrogens with one attached hydrogen (secondary N) is 1. The molecule has 0 aromatic carbocycles. The van der Waals surface area contributed by atoms with Gasteiger partial charge in [-0.05, 0) is 18.6 Å². The number of carbonyl (C=O) groups is 1. The molecule has 0 atom stereocenters. The molecular weight excluding hydrogens is 182 g/mol. The van der Waals surface area contributed by atoms with E-state index < -0.39 is 0 Å². The molecule has 0 saturated heterocycles. The fourth-order valence-electron chi connectivity index (χ4n) is 1.58. The van der Waals surface area contributed by atoms with Crippen molar-refractivity contribution in [3.05, 3.63) is 33.2 Å². The van der Waals surface area contributed by atoms with Gasteiger partial charge in [-0.15, -0.1) is 0 Å². The van der Waals surface area contributed by atoms with Crippen LogP contribution in [0.15, 0.2) is 10.9 Å². The van der Waals surface area contributed by atoms with Crippen molar-refractivity contribution < 1.29 is 9.53 Å². The lowest BCUT2D eigenvalue weighted by Crippen LogP contribution is -2.23. The Morgan fingerprint density at radius 1 is 1.57 bits per heavy atom. The van der Waals surface area contributed by atoms with E-state index in [1.807, 2.05) is 0 Å². The summed E-state index contributed by atoms with van der Waals surface area (Å²) in [6.07, 6.45) is 0.711. The number of H-pyrrole nitrogens is 1. The molecule has 4 heteroatoms. The fraction of sp³-hybridized carbons (Fsp3) is 0.400. The summed E-state index contributed by atoms with van der Waals surface area (Å²) in [5.41, 5.74) is 1.74. The van der Waals surface area contributed by atoms with Gasteiger partial charge in [-0.1, -0.05) is 0 Å². The molecule has 4 nitrogen and oxygen atoms in total. The van der Waals surface area contributed by atoms with E-state index in [9.17, 15) is 9.59 Å². The molecule has 2 heterocycles. The van der Waals surface area contributed by atoms with Crippen molar-refractivity contribution in [3.63, 3.8) is 0 Å². The molecule has 0 spiro atoms. The minimum Gasteiger partial charge on any atom is -0.376 e. The molecule has 0 fully saturated rings. The highest BCUT2D eigenvalue weighted by atomic mass is 16.5. The van der Waals surface area contributed by atoms with Crippen molar-refractivity contribution in [2.75, 3.05) is 6.61 Å². The molecule has 0 radical (unpaired) electrons. The van der Waals surface area contributed by atoms with Crippen LogP contribution in [0, 0.1) is 0 Å². The minimum atomic E-state index is -0.293.